The Hall–Kier alpha value is -5.45. The molecular formula is C52H71F3N11O12P. The number of nitriles is 2. The molecule has 7 rings (SSSR count). The fraction of sp³-hybridized carbons (Fsp3) is 0.635. The van der Waals surface area contributed by atoms with E-state index in [0.717, 1.165) is 50.6 Å². The molecule has 27 heteroatoms. The number of aliphatic hydroxyl groups excluding tert-OH is 4. The number of unbranched alkanes of at least 4 members (excludes halogenated alkanes) is 15. The summed E-state index contributed by atoms with van der Waals surface area (Å²) in [5, 5.41) is 74.7. The van der Waals surface area contributed by atoms with Gasteiger partial charge in [-0.3, -0.25) is 18.6 Å². The largest absolute Gasteiger partial charge is 0.475 e. The molecule has 0 spiro atoms. The van der Waals surface area contributed by atoms with Crippen LogP contribution in [0.2, 0.25) is 0 Å². The number of nitrogens with two attached hydrogens (primary N) is 2. The van der Waals surface area contributed by atoms with E-state index in [-0.39, 0.29) is 52.8 Å². The maximum atomic E-state index is 14.9. The van der Waals surface area contributed by atoms with E-state index >= 15 is 0 Å². The number of pyridine rings is 1. The van der Waals surface area contributed by atoms with Gasteiger partial charge in [0.1, 0.15) is 84.2 Å². The summed E-state index contributed by atoms with van der Waals surface area (Å²) in [6, 6.07) is 11.5. The third-order valence-electron chi connectivity index (χ3n) is 14.2. The van der Waals surface area contributed by atoms with Crippen molar-refractivity contribution < 1.29 is 70.7 Å². The Kier molecular flexibility index (Phi) is 21.9. The van der Waals surface area contributed by atoms with Crippen LogP contribution in [0.15, 0.2) is 55.2 Å². The fourth-order valence-corrected chi connectivity index (χ4v) is 11.0. The number of ether oxygens (including phenoxy) is 4. The van der Waals surface area contributed by atoms with Gasteiger partial charge in [0.2, 0.25) is 11.2 Å². The average Bonchev–Trinajstić information content (AvgIpc) is 4.38. The number of alkyl halides is 3. The average molecular weight is 1130 g/mol. The van der Waals surface area contributed by atoms with E-state index in [4.69, 9.17) is 44.0 Å². The van der Waals surface area contributed by atoms with Crippen LogP contribution in [0.5, 0.6) is 0 Å². The summed E-state index contributed by atoms with van der Waals surface area (Å²) < 4.78 is 98.8. The molecule has 2 fully saturated rings. The smallest absolute Gasteiger partial charge is 0.387 e. The first-order valence-corrected chi connectivity index (χ1v) is 28.3. The van der Waals surface area contributed by atoms with Crippen LogP contribution in [0, 0.1) is 22.7 Å². The number of aromatic nitrogens is 7. The van der Waals surface area contributed by atoms with Crippen molar-refractivity contribution in [2.45, 2.75) is 176 Å². The molecule has 79 heavy (non-hydrogen) atoms. The molecule has 2 aliphatic heterocycles. The van der Waals surface area contributed by atoms with Gasteiger partial charge in [0.15, 0.2) is 11.6 Å². The number of hydrogen-bond acceptors (Lipinski definition) is 21. The monoisotopic (exact) mass is 1130 g/mol. The van der Waals surface area contributed by atoms with Crippen LogP contribution in [-0.4, -0.2) is 130 Å². The number of hydrogen-bond donors (Lipinski definition) is 6. The number of fused-ring (bicyclic) bond motifs is 2. The van der Waals surface area contributed by atoms with E-state index in [2.05, 4.69) is 32.1 Å². The lowest BCUT2D eigenvalue weighted by molar-refractivity contribution is -0.141. The van der Waals surface area contributed by atoms with Crippen LogP contribution in [-0.2, 0) is 61.1 Å². The molecular weight excluding hydrogens is 1060 g/mol. The van der Waals surface area contributed by atoms with Crippen molar-refractivity contribution in [3.05, 3.63) is 77.9 Å². The first kappa shape index (κ1) is 61.2. The van der Waals surface area contributed by atoms with Gasteiger partial charge in [-0.1, -0.05) is 109 Å². The lowest BCUT2D eigenvalue weighted by Gasteiger charge is -2.26. The van der Waals surface area contributed by atoms with E-state index in [9.17, 15) is 48.7 Å². The minimum Gasteiger partial charge on any atom is -0.387 e. The van der Waals surface area contributed by atoms with Crippen molar-refractivity contribution in [3.8, 4) is 12.1 Å². The Bertz CT molecular complexity index is 2720. The Morgan fingerprint density at radius 2 is 1.15 bits per heavy atom. The van der Waals surface area contributed by atoms with Crippen molar-refractivity contribution in [1.29, 1.82) is 10.5 Å². The minimum absolute atomic E-state index is 0.0385. The lowest BCUT2D eigenvalue weighted by Crippen LogP contribution is -2.41. The molecule has 0 unspecified atom stereocenters. The normalized spacial score (nSPS) is 23.9. The molecule has 432 valence electrons. The summed E-state index contributed by atoms with van der Waals surface area (Å²) in [5.41, 5.74) is 7.00. The number of nitrogens with zero attached hydrogens (tertiary/aromatic N) is 9. The second kappa shape index (κ2) is 28.3. The zero-order chi connectivity index (χ0) is 56.6. The number of anilines is 2. The van der Waals surface area contributed by atoms with Crippen LogP contribution in [0.1, 0.15) is 132 Å². The summed E-state index contributed by atoms with van der Waals surface area (Å²) in [6.07, 6.45) is 5.61. The van der Waals surface area contributed by atoms with Crippen molar-refractivity contribution in [2.24, 2.45) is 0 Å². The first-order valence-electron chi connectivity index (χ1n) is 26.8. The van der Waals surface area contributed by atoms with E-state index in [1.807, 2.05) is 12.1 Å². The van der Waals surface area contributed by atoms with E-state index in [1.165, 1.54) is 110 Å². The Morgan fingerprint density at radius 3 is 1.58 bits per heavy atom. The van der Waals surface area contributed by atoms with Gasteiger partial charge in [0, 0.05) is 12.8 Å². The lowest BCUT2D eigenvalue weighted by atomic mass is 9.92. The van der Waals surface area contributed by atoms with Gasteiger partial charge in [-0.15, -0.1) is 0 Å². The molecule has 2 saturated heterocycles. The first-order chi connectivity index (χ1) is 38.0. The van der Waals surface area contributed by atoms with Gasteiger partial charge in [0.05, 0.1) is 44.4 Å². The number of halogens is 3. The van der Waals surface area contributed by atoms with Crippen molar-refractivity contribution in [1.82, 2.24) is 34.2 Å². The highest BCUT2D eigenvalue weighted by Gasteiger charge is 2.60. The highest BCUT2D eigenvalue weighted by molar-refractivity contribution is 7.48. The Morgan fingerprint density at radius 1 is 0.684 bits per heavy atom. The number of phosphoric ester groups is 1. The Labute approximate surface area is 455 Å². The molecule has 5 aromatic rings. The number of rotatable bonds is 33. The highest BCUT2D eigenvalue weighted by atomic mass is 31.2. The van der Waals surface area contributed by atoms with E-state index in [0.29, 0.717) is 13.0 Å². The molecule has 9 atom stereocenters. The molecule has 0 amide bonds. The standard InChI is InChI=1S/C52H71F3N11O12P/c1-2-3-4-5-6-7-8-9-10-11-12-13-14-15-16-17-24-72-27-36(73-26-35-18-21-41(60-25-35)52(53,54)55)28-74-79(71,75-29-39-44(67)46(69)50(31-56,77-39)42-22-19-37-48(58)61-33-63-65(37)42)76-30-40-45(68)47(70)51(32-57,78-40)43-23-20-38-49(59)62-34-64-66(38)43/h18-23,25,33-34,36,39-40,44-47,67-70H,2-17,24,26-30H2,1H3,(H2,58,61,63)(H2,59,62,64)/t36-,39-,40-,44-,45-,46-,47-,50+,51+/m1/s1. The van der Waals surface area contributed by atoms with Gasteiger partial charge in [-0.05, 0) is 42.3 Å². The van der Waals surface area contributed by atoms with Crippen LogP contribution in [0.3, 0.4) is 0 Å². The third-order valence-corrected chi connectivity index (χ3v) is 15.6. The summed E-state index contributed by atoms with van der Waals surface area (Å²) in [7, 11) is -5.05. The summed E-state index contributed by atoms with van der Waals surface area (Å²) >= 11 is 0. The molecule has 0 aromatic carbocycles. The van der Waals surface area contributed by atoms with Crippen molar-refractivity contribution >= 4 is 30.5 Å². The topological polar surface area (TPSA) is 335 Å². The van der Waals surface area contributed by atoms with Gasteiger partial charge in [-0.25, -0.2) is 23.6 Å². The zero-order valence-electron chi connectivity index (χ0n) is 44.1. The van der Waals surface area contributed by atoms with Crippen molar-refractivity contribution in [2.75, 3.05) is 44.5 Å². The quantitative estimate of drug-likeness (QED) is 0.0187. The zero-order valence-corrected chi connectivity index (χ0v) is 45.0. The third kappa shape index (κ3) is 14.9. The second-order valence-electron chi connectivity index (χ2n) is 19.9. The summed E-state index contributed by atoms with van der Waals surface area (Å²) in [4.78, 5) is 11.4. The predicted molar refractivity (Wildman–Crippen MR) is 277 cm³/mol. The second-order valence-corrected chi connectivity index (χ2v) is 21.6. The molecule has 23 nitrogen and oxygen atoms in total. The van der Waals surface area contributed by atoms with Crippen LogP contribution in [0.4, 0.5) is 24.8 Å². The Balaban J connectivity index is 1.02. The highest BCUT2D eigenvalue weighted by Crippen LogP contribution is 2.52. The molecule has 0 saturated carbocycles. The van der Waals surface area contributed by atoms with Crippen LogP contribution >= 0.6 is 7.82 Å². The molecule has 0 bridgehead atoms. The van der Waals surface area contributed by atoms with Gasteiger partial charge >= 0.3 is 14.0 Å². The molecule has 2 aliphatic rings. The number of nitrogen functional groups attached to an aromatic ring is 2. The SMILES string of the molecule is CCCCCCCCCCCCCCCCCCOC[C@H](COP(=O)(OC[C@H]1O[C@@](C#N)(c2ccc3c(N)ncnn23)[C@H](O)[C@@H]1O)OC[C@H]1O[C@@](C#N)(c2ccc3c(N)ncnn23)[C@H](O)[C@@H]1O)OCc1ccc(C(F)(F)F)nc1. The number of aliphatic hydroxyl groups is 4. The van der Waals surface area contributed by atoms with E-state index in [1.54, 1.807) is 0 Å². The van der Waals surface area contributed by atoms with Gasteiger partial charge < -0.3 is 50.8 Å². The fourth-order valence-electron chi connectivity index (χ4n) is 9.72. The molecule has 5 aromatic heterocycles. The predicted octanol–water partition coefficient (Wildman–Crippen LogP) is 6.75. The maximum Gasteiger partial charge on any atom is 0.475 e. The molecule has 8 N–H and O–H groups in total. The summed E-state index contributed by atoms with van der Waals surface area (Å²) in [6.45, 7) is -0.327. The van der Waals surface area contributed by atoms with Gasteiger partial charge in [-0.2, -0.15) is 33.9 Å². The number of phosphoric acid groups is 1. The molecule has 0 aliphatic carbocycles. The van der Waals surface area contributed by atoms with Crippen LogP contribution in [0.25, 0.3) is 11.0 Å². The van der Waals surface area contributed by atoms with Gasteiger partial charge in [0.25, 0.3) is 0 Å². The molecule has 0 radical (unpaired) electrons. The summed E-state index contributed by atoms with van der Waals surface area (Å²) in [5.74, 6) is 0.0794. The minimum atomic E-state index is -5.05. The van der Waals surface area contributed by atoms with Crippen LogP contribution < -0.4 is 11.5 Å². The maximum absolute atomic E-state index is 14.9. The van der Waals surface area contributed by atoms with E-state index < -0.39 is 93.4 Å². The molecule has 7 heterocycles. The van der Waals surface area contributed by atoms with Crippen molar-refractivity contribution in [3.63, 3.8) is 0 Å².